The maximum absolute atomic E-state index is 13.1. The molecule has 1 aliphatic carbocycles. The van der Waals surface area contributed by atoms with Crippen molar-refractivity contribution in [2.75, 3.05) is 24.6 Å². The second-order valence-electron chi connectivity index (χ2n) is 9.70. The van der Waals surface area contributed by atoms with E-state index in [0.717, 1.165) is 24.4 Å². The number of halogens is 3. The quantitative estimate of drug-likeness (QED) is 0.359. The van der Waals surface area contributed by atoms with E-state index in [0.29, 0.717) is 23.1 Å². The maximum atomic E-state index is 13.1. The molecule has 0 spiro atoms. The minimum atomic E-state index is -4.20. The first-order valence-electron chi connectivity index (χ1n) is 12.3. The van der Waals surface area contributed by atoms with Gasteiger partial charge < -0.3 is 9.64 Å². The Hall–Kier alpha value is -3.21. The lowest BCUT2D eigenvalue weighted by molar-refractivity contribution is -0.190. The molecule has 1 amide bonds. The van der Waals surface area contributed by atoms with E-state index in [1.54, 1.807) is 24.4 Å². The normalized spacial score (nSPS) is 18.6. The molecule has 1 saturated carbocycles. The number of nitrogens with zero attached hydrogens (tertiary/aromatic N) is 4. The van der Waals surface area contributed by atoms with Crippen LogP contribution in [0.2, 0.25) is 0 Å². The minimum Gasteiger partial charge on any atom is -0.477 e. The third-order valence-electron chi connectivity index (χ3n) is 6.92. The number of nitrogens with one attached hydrogen (secondary N) is 1. The van der Waals surface area contributed by atoms with Crippen molar-refractivity contribution in [2.45, 2.75) is 43.7 Å². The number of rotatable bonds is 9. The smallest absolute Gasteiger partial charge is 0.394 e. The van der Waals surface area contributed by atoms with Crippen LogP contribution in [0.4, 0.5) is 19.0 Å². The van der Waals surface area contributed by atoms with Gasteiger partial charge in [-0.25, -0.2) is 9.67 Å². The average molecular weight is 532 g/mol. The summed E-state index contributed by atoms with van der Waals surface area (Å²) in [6.45, 7) is 3.69. The van der Waals surface area contributed by atoms with Crippen molar-refractivity contribution in [3.05, 3.63) is 60.3 Å². The van der Waals surface area contributed by atoms with E-state index in [1.165, 1.54) is 16.6 Å². The molecule has 2 aromatic heterocycles. The van der Waals surface area contributed by atoms with Crippen molar-refractivity contribution in [1.29, 1.82) is 0 Å². The molecule has 3 heterocycles. The van der Waals surface area contributed by atoms with Crippen molar-refractivity contribution in [3.63, 3.8) is 0 Å². The van der Waals surface area contributed by atoms with Gasteiger partial charge in [-0.2, -0.15) is 13.2 Å². The van der Waals surface area contributed by atoms with Crippen molar-refractivity contribution in [3.8, 4) is 11.7 Å². The second-order valence-corrected chi connectivity index (χ2v) is 10.6. The van der Waals surface area contributed by atoms with Crippen LogP contribution in [0, 0.1) is 11.3 Å². The Bertz CT molecular complexity index is 1250. The van der Waals surface area contributed by atoms with Crippen molar-refractivity contribution < 1.29 is 22.7 Å². The van der Waals surface area contributed by atoms with Crippen LogP contribution in [-0.2, 0) is 0 Å². The number of carbonyl (C=O) groups is 1. The first-order chi connectivity index (χ1) is 17.7. The molecule has 3 aromatic rings. The Morgan fingerprint density at radius 2 is 1.97 bits per heavy atom. The fourth-order valence-electron chi connectivity index (χ4n) is 4.45. The van der Waals surface area contributed by atoms with Gasteiger partial charge in [-0.1, -0.05) is 25.1 Å². The predicted octanol–water partition coefficient (Wildman–Crippen LogP) is 5.66. The molecular formula is C26H28F3N5O2S. The van der Waals surface area contributed by atoms with Crippen LogP contribution in [0.25, 0.3) is 5.82 Å². The molecule has 1 unspecified atom stereocenters. The van der Waals surface area contributed by atoms with Gasteiger partial charge in [-0.05, 0) is 67.8 Å². The maximum Gasteiger partial charge on any atom is 0.394 e. The largest absolute Gasteiger partial charge is 0.477 e. The Morgan fingerprint density at radius 1 is 1.19 bits per heavy atom. The van der Waals surface area contributed by atoms with E-state index in [1.807, 2.05) is 30.3 Å². The van der Waals surface area contributed by atoms with E-state index in [2.05, 4.69) is 21.6 Å². The summed E-state index contributed by atoms with van der Waals surface area (Å²) in [5.41, 5.74) is -1.14. The van der Waals surface area contributed by atoms with Crippen molar-refractivity contribution in [1.82, 2.24) is 19.5 Å². The average Bonchev–Trinajstić information content (AvgIpc) is 3.34. The summed E-state index contributed by atoms with van der Waals surface area (Å²) in [5, 5.41) is 4.34. The van der Waals surface area contributed by atoms with E-state index >= 15 is 0 Å². The fraction of sp³-hybridized carbons (Fsp3) is 0.423. The summed E-state index contributed by atoms with van der Waals surface area (Å²) in [4.78, 5) is 20.9. The number of hydrogen-bond donors (Lipinski definition) is 1. The molecule has 0 radical (unpaired) electrons. The summed E-state index contributed by atoms with van der Waals surface area (Å²) < 4.78 is 49.4. The van der Waals surface area contributed by atoms with Gasteiger partial charge in [0.15, 0.2) is 5.82 Å². The highest BCUT2D eigenvalue weighted by molar-refractivity contribution is 7.98. The molecule has 11 heteroatoms. The first kappa shape index (κ1) is 25.4. The SMILES string of the molecule is CC1CCN(c2nc(-n3ccc(OCCC4(C(F)(F)F)CC4)n3)ccc2C(=O)NSc2ccccc2)C1. The van der Waals surface area contributed by atoms with Crippen LogP contribution in [0.15, 0.2) is 59.6 Å². The van der Waals surface area contributed by atoms with Crippen LogP contribution in [-0.4, -0.2) is 46.5 Å². The molecule has 1 atom stereocenters. The van der Waals surface area contributed by atoms with Crippen LogP contribution in [0.5, 0.6) is 5.88 Å². The number of pyridine rings is 1. The van der Waals surface area contributed by atoms with E-state index in [4.69, 9.17) is 9.72 Å². The Morgan fingerprint density at radius 3 is 2.65 bits per heavy atom. The highest BCUT2D eigenvalue weighted by Gasteiger charge is 2.62. The molecule has 1 N–H and O–H groups in total. The number of carbonyl (C=O) groups excluding carboxylic acids is 1. The summed E-state index contributed by atoms with van der Waals surface area (Å²) in [7, 11) is 0. The van der Waals surface area contributed by atoms with Gasteiger partial charge in [0, 0.05) is 30.2 Å². The molecule has 1 aromatic carbocycles. The van der Waals surface area contributed by atoms with Crippen LogP contribution in [0.1, 0.15) is 43.0 Å². The van der Waals surface area contributed by atoms with E-state index in [9.17, 15) is 18.0 Å². The highest BCUT2D eigenvalue weighted by Crippen LogP contribution is 2.59. The molecule has 37 heavy (non-hydrogen) atoms. The molecule has 1 aliphatic heterocycles. The topological polar surface area (TPSA) is 72.3 Å². The molecule has 196 valence electrons. The minimum absolute atomic E-state index is 0.0565. The Kier molecular flexibility index (Phi) is 7.06. The van der Waals surface area contributed by atoms with Gasteiger partial charge in [0.25, 0.3) is 5.91 Å². The van der Waals surface area contributed by atoms with Crippen LogP contribution in [0.3, 0.4) is 0 Å². The second kappa shape index (κ2) is 10.3. The monoisotopic (exact) mass is 531 g/mol. The van der Waals surface area contributed by atoms with Crippen molar-refractivity contribution in [2.24, 2.45) is 11.3 Å². The molecular weight excluding hydrogens is 503 g/mol. The molecule has 2 fully saturated rings. The number of hydrogen-bond acceptors (Lipinski definition) is 6. The van der Waals surface area contributed by atoms with Gasteiger partial charge in [0.2, 0.25) is 5.88 Å². The van der Waals surface area contributed by atoms with Crippen LogP contribution >= 0.6 is 11.9 Å². The molecule has 7 nitrogen and oxygen atoms in total. The summed E-state index contributed by atoms with van der Waals surface area (Å²) >= 11 is 1.24. The van der Waals surface area contributed by atoms with Gasteiger partial charge in [0.1, 0.15) is 5.82 Å². The fourth-order valence-corrected chi connectivity index (χ4v) is 5.06. The first-order valence-corrected chi connectivity index (χ1v) is 13.1. The lowest BCUT2D eigenvalue weighted by Crippen LogP contribution is -2.26. The zero-order valence-corrected chi connectivity index (χ0v) is 21.2. The van der Waals surface area contributed by atoms with E-state index < -0.39 is 11.6 Å². The molecule has 0 bridgehead atoms. The number of benzene rings is 1. The van der Waals surface area contributed by atoms with Crippen molar-refractivity contribution >= 4 is 23.7 Å². The molecule has 1 saturated heterocycles. The summed E-state index contributed by atoms with van der Waals surface area (Å²) in [6, 6.07) is 14.6. The highest BCUT2D eigenvalue weighted by atomic mass is 32.2. The summed E-state index contributed by atoms with van der Waals surface area (Å²) in [6.07, 6.45) is -1.32. The number of anilines is 1. The van der Waals surface area contributed by atoms with Crippen LogP contribution < -0.4 is 14.4 Å². The molecule has 5 rings (SSSR count). The number of ether oxygens (including phenoxy) is 1. The summed E-state index contributed by atoms with van der Waals surface area (Å²) in [5.74, 6) is 1.54. The number of aromatic nitrogens is 3. The van der Waals surface area contributed by atoms with Gasteiger partial charge in [-0.3, -0.25) is 9.52 Å². The zero-order valence-electron chi connectivity index (χ0n) is 20.4. The zero-order chi connectivity index (χ0) is 26.0. The third kappa shape index (κ3) is 5.71. The Balaban J connectivity index is 1.30. The lowest BCUT2D eigenvalue weighted by atomic mass is 10.0. The molecule has 2 aliphatic rings. The predicted molar refractivity (Wildman–Crippen MR) is 135 cm³/mol. The van der Waals surface area contributed by atoms with Gasteiger partial charge in [-0.15, -0.1) is 5.10 Å². The van der Waals surface area contributed by atoms with Gasteiger partial charge >= 0.3 is 6.18 Å². The lowest BCUT2D eigenvalue weighted by Gasteiger charge is -2.21. The van der Waals surface area contributed by atoms with Gasteiger partial charge in [0.05, 0.1) is 17.6 Å². The number of amides is 1. The number of alkyl halides is 3. The standard InChI is InChI=1S/C26H28F3N5O2S/c1-18-9-14-33(17-18)23-20(24(35)32-37-19-5-3-2-4-6-19)7-8-21(30-23)34-15-10-22(31-34)36-16-13-25(11-12-25)26(27,28)29/h2-8,10,15,18H,9,11-14,16-17H2,1H3,(H,32,35). The van der Waals surface area contributed by atoms with E-state index in [-0.39, 0.29) is 37.7 Å². The third-order valence-corrected chi connectivity index (χ3v) is 7.71. The Labute approximate surface area is 217 Å².